The van der Waals surface area contributed by atoms with Gasteiger partial charge in [0.25, 0.3) is 5.22 Å². The Morgan fingerprint density at radius 1 is 1.14 bits per heavy atom. The van der Waals surface area contributed by atoms with E-state index in [2.05, 4.69) is 25.4 Å². The summed E-state index contributed by atoms with van der Waals surface area (Å²) >= 11 is 1.24. The second-order valence-electron chi connectivity index (χ2n) is 4.28. The summed E-state index contributed by atoms with van der Waals surface area (Å²) in [6.45, 7) is 9.43. The standard InChI is InChI=1S/C12H19N7OS/c1-5-19(6-2)10-15-9(18-13)16-11(17-10)21-12-14-7(3)8(4)20-12/h5-6,13H2,1-4H3,(H,15,16,17,18). The first kappa shape index (κ1) is 15.5. The monoisotopic (exact) mass is 309 g/mol. The molecule has 0 saturated carbocycles. The average molecular weight is 309 g/mol. The Kier molecular flexibility index (Phi) is 4.97. The Balaban J connectivity index is 2.31. The van der Waals surface area contributed by atoms with Gasteiger partial charge in [0.2, 0.25) is 17.1 Å². The number of nitrogens with two attached hydrogens (primary N) is 1. The highest BCUT2D eigenvalue weighted by Crippen LogP contribution is 2.27. The van der Waals surface area contributed by atoms with E-state index in [1.807, 2.05) is 32.6 Å². The van der Waals surface area contributed by atoms with Gasteiger partial charge in [-0.25, -0.2) is 10.8 Å². The van der Waals surface area contributed by atoms with E-state index in [0.717, 1.165) is 24.5 Å². The van der Waals surface area contributed by atoms with Gasteiger partial charge in [0.1, 0.15) is 5.76 Å². The van der Waals surface area contributed by atoms with Crippen molar-refractivity contribution in [3.63, 3.8) is 0 Å². The van der Waals surface area contributed by atoms with E-state index in [4.69, 9.17) is 10.3 Å². The molecule has 2 rings (SSSR count). The summed E-state index contributed by atoms with van der Waals surface area (Å²) in [7, 11) is 0. The quantitative estimate of drug-likeness (QED) is 0.609. The molecule has 0 aromatic carbocycles. The van der Waals surface area contributed by atoms with Crippen molar-refractivity contribution < 1.29 is 4.42 Å². The van der Waals surface area contributed by atoms with E-state index in [9.17, 15) is 0 Å². The molecular formula is C12H19N7OS. The molecule has 0 aliphatic heterocycles. The van der Waals surface area contributed by atoms with Crippen molar-refractivity contribution in [1.29, 1.82) is 0 Å². The van der Waals surface area contributed by atoms with Crippen LogP contribution in [0.5, 0.6) is 0 Å². The van der Waals surface area contributed by atoms with Crippen molar-refractivity contribution in [2.24, 2.45) is 5.84 Å². The topological polar surface area (TPSA) is 106 Å². The third-order valence-corrected chi connectivity index (χ3v) is 3.68. The van der Waals surface area contributed by atoms with Crippen LogP contribution in [0.25, 0.3) is 0 Å². The molecule has 21 heavy (non-hydrogen) atoms. The number of oxazole rings is 1. The predicted octanol–water partition coefficient (Wildman–Crippen LogP) is 1.76. The molecule has 9 heteroatoms. The molecule has 0 amide bonds. The molecule has 0 fully saturated rings. The van der Waals surface area contributed by atoms with E-state index < -0.39 is 0 Å². The molecule has 0 spiro atoms. The molecule has 2 aromatic rings. The average Bonchev–Trinajstić information content (AvgIpc) is 2.78. The molecular weight excluding hydrogens is 290 g/mol. The van der Waals surface area contributed by atoms with Crippen LogP contribution in [-0.4, -0.2) is 33.0 Å². The Hall–Kier alpha value is -1.87. The second kappa shape index (κ2) is 6.72. The van der Waals surface area contributed by atoms with E-state index in [0.29, 0.717) is 22.3 Å². The predicted molar refractivity (Wildman–Crippen MR) is 81.3 cm³/mol. The molecule has 0 aliphatic rings. The first-order valence-corrected chi connectivity index (χ1v) is 7.48. The molecule has 2 aromatic heterocycles. The highest BCUT2D eigenvalue weighted by Gasteiger charge is 2.14. The van der Waals surface area contributed by atoms with Gasteiger partial charge in [-0.3, -0.25) is 5.43 Å². The fourth-order valence-corrected chi connectivity index (χ4v) is 2.43. The normalized spacial score (nSPS) is 10.7. The highest BCUT2D eigenvalue weighted by molar-refractivity contribution is 7.98. The van der Waals surface area contributed by atoms with E-state index >= 15 is 0 Å². The zero-order valence-electron chi connectivity index (χ0n) is 12.5. The summed E-state index contributed by atoms with van der Waals surface area (Å²) in [5.41, 5.74) is 3.31. The lowest BCUT2D eigenvalue weighted by molar-refractivity contribution is 0.430. The molecule has 0 saturated heterocycles. The summed E-state index contributed by atoms with van der Waals surface area (Å²) in [6.07, 6.45) is 0. The van der Waals surface area contributed by atoms with Gasteiger partial charge in [-0.05, 0) is 27.7 Å². The Labute approximate surface area is 127 Å². The van der Waals surface area contributed by atoms with Crippen LogP contribution in [-0.2, 0) is 0 Å². The van der Waals surface area contributed by atoms with Crippen LogP contribution in [0.4, 0.5) is 11.9 Å². The van der Waals surface area contributed by atoms with E-state index in [-0.39, 0.29) is 0 Å². The number of nitrogens with one attached hydrogen (secondary N) is 1. The van der Waals surface area contributed by atoms with Crippen molar-refractivity contribution in [1.82, 2.24) is 19.9 Å². The molecule has 8 nitrogen and oxygen atoms in total. The van der Waals surface area contributed by atoms with Gasteiger partial charge < -0.3 is 9.32 Å². The minimum atomic E-state index is 0.314. The largest absolute Gasteiger partial charge is 0.436 e. The zero-order chi connectivity index (χ0) is 15.4. The number of hydrazine groups is 1. The van der Waals surface area contributed by atoms with Gasteiger partial charge in [-0.1, -0.05) is 0 Å². The Morgan fingerprint density at radius 2 is 1.86 bits per heavy atom. The number of hydrogen-bond donors (Lipinski definition) is 2. The number of aromatic nitrogens is 4. The fourth-order valence-electron chi connectivity index (χ4n) is 1.67. The summed E-state index contributed by atoms with van der Waals surface area (Å²) in [5, 5.41) is 0.991. The smallest absolute Gasteiger partial charge is 0.264 e. The van der Waals surface area contributed by atoms with Gasteiger partial charge in [0.05, 0.1) is 5.69 Å². The first-order chi connectivity index (χ1) is 10.1. The van der Waals surface area contributed by atoms with Gasteiger partial charge in [0.15, 0.2) is 0 Å². The lowest BCUT2D eigenvalue weighted by Gasteiger charge is -2.18. The van der Waals surface area contributed by atoms with E-state index in [1.54, 1.807) is 0 Å². The zero-order valence-corrected chi connectivity index (χ0v) is 13.4. The number of rotatable bonds is 6. The fraction of sp³-hybridized carbons (Fsp3) is 0.500. The molecule has 114 valence electrons. The van der Waals surface area contributed by atoms with Crippen molar-refractivity contribution in [3.05, 3.63) is 11.5 Å². The number of nitrogens with zero attached hydrogens (tertiary/aromatic N) is 5. The van der Waals surface area contributed by atoms with Crippen LogP contribution in [0.3, 0.4) is 0 Å². The van der Waals surface area contributed by atoms with Crippen LogP contribution < -0.4 is 16.2 Å². The number of anilines is 2. The number of nitrogen functional groups attached to an aromatic ring is 1. The summed E-state index contributed by atoms with van der Waals surface area (Å²) in [4.78, 5) is 19.2. The Bertz CT molecular complexity index is 592. The van der Waals surface area contributed by atoms with Crippen LogP contribution in [0.2, 0.25) is 0 Å². The minimum absolute atomic E-state index is 0.314. The van der Waals surface area contributed by atoms with Crippen molar-refractivity contribution in [3.8, 4) is 0 Å². The van der Waals surface area contributed by atoms with Crippen LogP contribution >= 0.6 is 11.8 Å². The molecule has 0 unspecified atom stereocenters. The minimum Gasteiger partial charge on any atom is -0.436 e. The maximum Gasteiger partial charge on any atom is 0.264 e. The van der Waals surface area contributed by atoms with Crippen LogP contribution in [0, 0.1) is 13.8 Å². The van der Waals surface area contributed by atoms with Crippen LogP contribution in [0.1, 0.15) is 25.3 Å². The molecule has 0 aliphatic carbocycles. The summed E-state index contributed by atoms with van der Waals surface area (Å²) in [6, 6.07) is 0. The SMILES string of the molecule is CCN(CC)c1nc(NN)nc(Sc2nc(C)c(C)o2)n1. The van der Waals surface area contributed by atoms with Gasteiger partial charge in [0, 0.05) is 24.9 Å². The molecule has 3 N–H and O–H groups in total. The van der Waals surface area contributed by atoms with Gasteiger partial charge >= 0.3 is 0 Å². The van der Waals surface area contributed by atoms with E-state index in [1.165, 1.54) is 11.8 Å². The summed E-state index contributed by atoms with van der Waals surface area (Å²) in [5.74, 6) is 7.10. The molecule has 2 heterocycles. The van der Waals surface area contributed by atoms with Crippen molar-refractivity contribution in [2.75, 3.05) is 23.4 Å². The van der Waals surface area contributed by atoms with Crippen molar-refractivity contribution >= 4 is 23.7 Å². The third-order valence-electron chi connectivity index (χ3n) is 2.97. The summed E-state index contributed by atoms with van der Waals surface area (Å²) < 4.78 is 5.53. The maximum atomic E-state index is 5.53. The number of hydrogen-bond acceptors (Lipinski definition) is 9. The van der Waals surface area contributed by atoms with Crippen molar-refractivity contribution in [2.45, 2.75) is 38.1 Å². The lowest BCUT2D eigenvalue weighted by Crippen LogP contribution is -2.25. The molecule has 0 radical (unpaired) electrons. The third kappa shape index (κ3) is 3.61. The highest BCUT2D eigenvalue weighted by atomic mass is 32.2. The molecule has 0 atom stereocenters. The number of aryl methyl sites for hydroxylation is 2. The van der Waals surface area contributed by atoms with Crippen LogP contribution in [0.15, 0.2) is 14.8 Å². The molecule has 0 bridgehead atoms. The van der Waals surface area contributed by atoms with Gasteiger partial charge in [-0.2, -0.15) is 15.0 Å². The first-order valence-electron chi connectivity index (χ1n) is 6.66. The lowest BCUT2D eigenvalue weighted by atomic mass is 10.4. The van der Waals surface area contributed by atoms with Gasteiger partial charge in [-0.15, -0.1) is 0 Å². The maximum absolute atomic E-state index is 5.53. The second-order valence-corrected chi connectivity index (χ2v) is 5.20. The Morgan fingerprint density at radius 3 is 2.38 bits per heavy atom.